The minimum absolute atomic E-state index is 0.519. The zero-order valence-corrected chi connectivity index (χ0v) is 19.3. The predicted octanol–water partition coefficient (Wildman–Crippen LogP) is 7.70. The Bertz CT molecular complexity index is 543. The smallest absolute Gasteiger partial charge is 0.234 e. The number of hydrogen-bond donors (Lipinski definition) is 0. The lowest BCUT2D eigenvalue weighted by molar-refractivity contribution is 0.291. The topological polar surface area (TPSA) is 3.24 Å². The van der Waals surface area contributed by atoms with E-state index in [1.807, 2.05) is 0 Å². The molecule has 1 aromatic carbocycles. The fourth-order valence-electron chi connectivity index (χ4n) is 4.96. The number of benzene rings is 1. The first kappa shape index (κ1) is 24.0. The van der Waals surface area contributed by atoms with Crippen molar-refractivity contribution in [3.8, 4) is 0 Å². The van der Waals surface area contributed by atoms with Gasteiger partial charge >= 0.3 is 0 Å². The van der Waals surface area contributed by atoms with Gasteiger partial charge in [0.25, 0.3) is 0 Å². The molecule has 0 aliphatic rings. The quantitative estimate of drug-likeness (QED) is 0.269. The minimum atomic E-state index is 0.519. The molecule has 0 aliphatic carbocycles. The molecule has 0 aliphatic heterocycles. The summed E-state index contributed by atoms with van der Waals surface area (Å²) in [5, 5.41) is 0. The first-order valence-corrected chi connectivity index (χ1v) is 11.2. The molecule has 0 bridgehead atoms. The zero-order valence-electron chi connectivity index (χ0n) is 19.3. The van der Waals surface area contributed by atoms with Gasteiger partial charge in [0.1, 0.15) is 0 Å². The third-order valence-electron chi connectivity index (χ3n) is 6.18. The van der Waals surface area contributed by atoms with Gasteiger partial charge in [0, 0.05) is 0 Å². The van der Waals surface area contributed by atoms with Crippen molar-refractivity contribution in [1.29, 1.82) is 0 Å². The van der Waals surface area contributed by atoms with Gasteiger partial charge in [0.05, 0.1) is 0 Å². The Balaban J connectivity index is 3.35. The summed E-state index contributed by atoms with van der Waals surface area (Å²) in [7, 11) is 0. The van der Waals surface area contributed by atoms with Crippen LogP contribution in [0, 0.1) is 0 Å². The summed E-state index contributed by atoms with van der Waals surface area (Å²) < 4.78 is 0. The van der Waals surface area contributed by atoms with Crippen molar-refractivity contribution in [2.24, 2.45) is 0 Å². The Kier molecular flexibility index (Phi) is 10.4. The van der Waals surface area contributed by atoms with Crippen LogP contribution < -0.4 is 0 Å². The van der Waals surface area contributed by atoms with Crippen molar-refractivity contribution in [2.75, 3.05) is 0 Å². The molecule has 0 fully saturated rings. The maximum atomic E-state index is 3.96. The second-order valence-corrected chi connectivity index (χ2v) is 9.09. The Morgan fingerprint density at radius 3 is 2.00 bits per heavy atom. The van der Waals surface area contributed by atoms with Gasteiger partial charge in [-0.25, -0.2) is 0 Å². The molecule has 3 atom stereocenters. The normalized spacial score (nSPS) is 15.2. The monoisotopic (exact) mass is 369 g/mol. The summed E-state index contributed by atoms with van der Waals surface area (Å²) in [5.74, 6) is 1.73. The van der Waals surface area contributed by atoms with E-state index < -0.39 is 0 Å². The Labute approximate surface area is 170 Å². The van der Waals surface area contributed by atoms with Crippen molar-refractivity contribution in [3.63, 3.8) is 0 Å². The summed E-state index contributed by atoms with van der Waals surface area (Å²) >= 11 is 0. The van der Waals surface area contributed by atoms with E-state index in [0.29, 0.717) is 36.5 Å². The van der Waals surface area contributed by atoms with E-state index in [-0.39, 0.29) is 0 Å². The van der Waals surface area contributed by atoms with Crippen LogP contribution in [-0.2, 0) is 0 Å². The molecule has 0 saturated carbocycles. The zero-order chi connectivity index (χ0) is 20.6. The average Bonchev–Trinajstić information content (AvgIpc) is 2.62. The van der Waals surface area contributed by atoms with Crippen LogP contribution in [0.15, 0.2) is 36.9 Å². The van der Waals surface area contributed by atoms with Gasteiger partial charge in [-0.1, -0.05) is 105 Å². The molecule has 0 N–H and O–H groups in total. The van der Waals surface area contributed by atoms with Gasteiger partial charge in [0.2, 0.25) is 6.85 Å². The highest BCUT2D eigenvalue weighted by molar-refractivity contribution is 6.59. The highest BCUT2D eigenvalue weighted by Crippen LogP contribution is 2.37. The largest absolute Gasteiger partial charge is 0.337 e. The van der Waals surface area contributed by atoms with Crippen LogP contribution in [-0.4, -0.2) is 23.7 Å². The fourth-order valence-corrected chi connectivity index (χ4v) is 4.96. The van der Waals surface area contributed by atoms with Gasteiger partial charge in [-0.3, -0.25) is 0 Å². The highest BCUT2D eigenvalue weighted by atomic mass is 15.1. The van der Waals surface area contributed by atoms with Crippen LogP contribution in [0.5, 0.6) is 0 Å². The molecule has 1 aromatic rings. The summed E-state index contributed by atoms with van der Waals surface area (Å²) in [6.45, 7) is 23.5. The molecular weight excluding hydrogens is 325 g/mol. The molecule has 2 heteroatoms. The SMILES string of the molecule is C=CCC(C)c1ccccc1C(C)B(C(C)CCCC)N(C(C)C)C(C)C. The Morgan fingerprint density at radius 2 is 1.52 bits per heavy atom. The van der Waals surface area contributed by atoms with E-state index in [1.54, 1.807) is 0 Å². The third kappa shape index (κ3) is 6.52. The van der Waals surface area contributed by atoms with Gasteiger partial charge in [-0.2, -0.15) is 0 Å². The lowest BCUT2D eigenvalue weighted by Crippen LogP contribution is -2.53. The lowest BCUT2D eigenvalue weighted by atomic mass is 9.39. The lowest BCUT2D eigenvalue weighted by Gasteiger charge is -2.43. The molecule has 1 rings (SSSR count). The summed E-state index contributed by atoms with van der Waals surface area (Å²) in [5.41, 5.74) is 3.04. The molecule has 0 spiro atoms. The van der Waals surface area contributed by atoms with E-state index in [4.69, 9.17) is 0 Å². The van der Waals surface area contributed by atoms with Crippen molar-refractivity contribution in [1.82, 2.24) is 4.81 Å². The van der Waals surface area contributed by atoms with Crippen molar-refractivity contribution in [3.05, 3.63) is 48.0 Å². The van der Waals surface area contributed by atoms with E-state index in [1.165, 1.54) is 30.4 Å². The minimum Gasteiger partial charge on any atom is -0.337 e. The highest BCUT2D eigenvalue weighted by Gasteiger charge is 2.38. The number of nitrogens with zero attached hydrogens (tertiary/aromatic N) is 1. The fraction of sp³-hybridized carbons (Fsp3) is 0.680. The number of hydrogen-bond acceptors (Lipinski definition) is 1. The van der Waals surface area contributed by atoms with Crippen molar-refractivity contribution in [2.45, 2.75) is 111 Å². The van der Waals surface area contributed by atoms with E-state index in [2.05, 4.69) is 97.1 Å². The molecule has 1 nitrogen and oxygen atoms in total. The molecule has 152 valence electrons. The first-order valence-electron chi connectivity index (χ1n) is 11.2. The average molecular weight is 369 g/mol. The second kappa shape index (κ2) is 11.7. The molecule has 3 unspecified atom stereocenters. The standard InChI is InChI=1S/C25H44BN/c1-10-12-16-22(8)26(27(19(3)4)20(5)6)23(9)25-18-14-13-17-24(25)21(7)15-11-2/h11,13-14,17-23H,2,10,12,15-16H2,1,3-9H3. The number of rotatable bonds is 12. The van der Waals surface area contributed by atoms with Crippen LogP contribution in [0.1, 0.15) is 104 Å². The molecule has 0 radical (unpaired) electrons. The third-order valence-corrected chi connectivity index (χ3v) is 6.18. The van der Waals surface area contributed by atoms with Crippen LogP contribution >= 0.6 is 0 Å². The Morgan fingerprint density at radius 1 is 0.963 bits per heavy atom. The van der Waals surface area contributed by atoms with Crippen LogP contribution in [0.2, 0.25) is 5.82 Å². The molecule has 0 aromatic heterocycles. The van der Waals surface area contributed by atoms with E-state index >= 15 is 0 Å². The molecular formula is C25H44BN. The van der Waals surface area contributed by atoms with E-state index in [0.717, 1.165) is 6.42 Å². The summed E-state index contributed by atoms with van der Waals surface area (Å²) in [6.07, 6.45) is 7.01. The van der Waals surface area contributed by atoms with Crippen LogP contribution in [0.4, 0.5) is 0 Å². The number of allylic oxidation sites excluding steroid dienone is 1. The van der Waals surface area contributed by atoms with Crippen molar-refractivity contribution >= 4 is 6.85 Å². The number of unbranched alkanes of at least 4 members (excludes halogenated alkanes) is 1. The van der Waals surface area contributed by atoms with Crippen LogP contribution in [0.3, 0.4) is 0 Å². The van der Waals surface area contributed by atoms with Crippen LogP contribution in [0.25, 0.3) is 0 Å². The first-order chi connectivity index (χ1) is 12.8. The predicted molar refractivity (Wildman–Crippen MR) is 125 cm³/mol. The Hall–Kier alpha value is -1.02. The van der Waals surface area contributed by atoms with Gasteiger partial charge in [-0.05, 0) is 47.2 Å². The van der Waals surface area contributed by atoms with Gasteiger partial charge in [-0.15, -0.1) is 6.58 Å². The summed E-state index contributed by atoms with van der Waals surface area (Å²) in [6, 6.07) is 10.2. The molecule has 0 saturated heterocycles. The second-order valence-electron chi connectivity index (χ2n) is 9.09. The maximum absolute atomic E-state index is 3.96. The molecule has 0 amide bonds. The maximum Gasteiger partial charge on any atom is 0.234 e. The molecule has 0 heterocycles. The van der Waals surface area contributed by atoms with Gasteiger partial charge in [0.15, 0.2) is 0 Å². The van der Waals surface area contributed by atoms with Crippen molar-refractivity contribution < 1.29 is 0 Å². The van der Waals surface area contributed by atoms with Gasteiger partial charge < -0.3 is 4.81 Å². The molecule has 27 heavy (non-hydrogen) atoms. The van der Waals surface area contributed by atoms with E-state index in [9.17, 15) is 0 Å². The summed E-state index contributed by atoms with van der Waals surface area (Å²) in [4.78, 5) is 2.76.